The summed E-state index contributed by atoms with van der Waals surface area (Å²) in [5.41, 5.74) is 0. The highest BCUT2D eigenvalue weighted by Crippen LogP contribution is 2.34. The molecule has 110 valence electrons. The first-order chi connectivity index (χ1) is 9.50. The van der Waals surface area contributed by atoms with Crippen LogP contribution in [0, 0.1) is 5.92 Å². The number of nitrogens with zero attached hydrogens (tertiary/aromatic N) is 1. The largest absolute Gasteiger partial charge is 0.315 e. The van der Waals surface area contributed by atoms with E-state index in [4.69, 9.17) is 0 Å². The molecule has 2 heterocycles. The number of rotatable bonds is 2. The zero-order chi connectivity index (χ0) is 14.3. The van der Waals surface area contributed by atoms with Crippen LogP contribution in [0.4, 0.5) is 0 Å². The van der Waals surface area contributed by atoms with Crippen LogP contribution in [0.3, 0.4) is 0 Å². The van der Waals surface area contributed by atoms with E-state index in [9.17, 15) is 8.42 Å². The summed E-state index contributed by atoms with van der Waals surface area (Å²) < 4.78 is 29.0. The highest BCUT2D eigenvalue weighted by molar-refractivity contribution is 9.11. The number of halogens is 2. The molecule has 0 amide bonds. The summed E-state index contributed by atoms with van der Waals surface area (Å²) in [5.74, 6) is 0.449. The van der Waals surface area contributed by atoms with Crippen molar-refractivity contribution in [1.29, 1.82) is 0 Å². The molecule has 2 unspecified atom stereocenters. The third-order valence-electron chi connectivity index (χ3n) is 4.11. The van der Waals surface area contributed by atoms with Crippen LogP contribution in [-0.4, -0.2) is 38.4 Å². The summed E-state index contributed by atoms with van der Waals surface area (Å²) in [5, 5.41) is 3.32. The molecule has 20 heavy (non-hydrogen) atoms. The Kier molecular flexibility index (Phi) is 4.25. The molecule has 3 rings (SSSR count). The third kappa shape index (κ3) is 2.59. The van der Waals surface area contributed by atoms with Gasteiger partial charge in [-0.3, -0.25) is 0 Å². The van der Waals surface area contributed by atoms with Crippen LogP contribution in [0.2, 0.25) is 0 Å². The molecule has 0 radical (unpaired) electrons. The summed E-state index contributed by atoms with van der Waals surface area (Å²) in [6.07, 6.45) is 2.05. The van der Waals surface area contributed by atoms with E-state index < -0.39 is 10.0 Å². The summed E-state index contributed by atoms with van der Waals surface area (Å²) >= 11 is 6.72. The van der Waals surface area contributed by atoms with Gasteiger partial charge in [0.2, 0.25) is 10.0 Å². The van der Waals surface area contributed by atoms with Crippen LogP contribution < -0.4 is 5.32 Å². The van der Waals surface area contributed by atoms with Gasteiger partial charge in [0.15, 0.2) is 0 Å². The lowest BCUT2D eigenvalue weighted by Gasteiger charge is -2.36. The molecule has 2 aliphatic heterocycles. The predicted molar refractivity (Wildman–Crippen MR) is 85.1 cm³/mol. The zero-order valence-corrected chi connectivity index (χ0v) is 14.8. The second kappa shape index (κ2) is 5.68. The van der Waals surface area contributed by atoms with Gasteiger partial charge in [0, 0.05) is 28.1 Å². The SMILES string of the molecule is O=S(=O)(c1cc(Br)ccc1Br)N1CCCC2CNCC21. The smallest absolute Gasteiger partial charge is 0.244 e. The number of nitrogens with one attached hydrogen (secondary N) is 1. The van der Waals surface area contributed by atoms with Crippen LogP contribution in [0.1, 0.15) is 12.8 Å². The van der Waals surface area contributed by atoms with Crippen molar-refractivity contribution in [3.8, 4) is 0 Å². The van der Waals surface area contributed by atoms with Gasteiger partial charge in [-0.15, -0.1) is 0 Å². The van der Waals surface area contributed by atoms with Gasteiger partial charge in [0.05, 0.1) is 4.90 Å². The van der Waals surface area contributed by atoms with E-state index in [1.54, 1.807) is 16.4 Å². The van der Waals surface area contributed by atoms with E-state index >= 15 is 0 Å². The minimum atomic E-state index is -3.45. The Labute approximate surface area is 136 Å². The molecule has 0 aliphatic carbocycles. The molecule has 1 aromatic rings. The van der Waals surface area contributed by atoms with Crippen LogP contribution in [0.25, 0.3) is 0 Å². The summed E-state index contributed by atoms with van der Waals surface area (Å²) in [6, 6.07) is 5.37. The predicted octanol–water partition coefficient (Wildman–Crippen LogP) is 2.58. The number of piperidine rings is 1. The van der Waals surface area contributed by atoms with E-state index in [-0.39, 0.29) is 6.04 Å². The van der Waals surface area contributed by atoms with Gasteiger partial charge in [-0.2, -0.15) is 4.31 Å². The van der Waals surface area contributed by atoms with Crippen LogP contribution in [0.5, 0.6) is 0 Å². The average molecular weight is 424 g/mol. The lowest BCUT2D eigenvalue weighted by atomic mass is 9.94. The fourth-order valence-electron chi connectivity index (χ4n) is 3.13. The highest BCUT2D eigenvalue weighted by Gasteiger charge is 2.41. The zero-order valence-electron chi connectivity index (χ0n) is 10.9. The second-order valence-corrected chi connectivity index (χ2v) is 8.95. The van der Waals surface area contributed by atoms with Crippen molar-refractivity contribution in [2.45, 2.75) is 23.8 Å². The Balaban J connectivity index is 2.00. The minimum Gasteiger partial charge on any atom is -0.315 e. The Morgan fingerprint density at radius 2 is 2.05 bits per heavy atom. The van der Waals surface area contributed by atoms with Gasteiger partial charge in [-0.1, -0.05) is 15.9 Å². The van der Waals surface area contributed by atoms with E-state index in [1.165, 1.54) is 0 Å². The van der Waals surface area contributed by atoms with Crippen molar-refractivity contribution in [2.24, 2.45) is 5.92 Å². The number of hydrogen-bond acceptors (Lipinski definition) is 3. The summed E-state index contributed by atoms with van der Waals surface area (Å²) in [7, 11) is -3.45. The summed E-state index contributed by atoms with van der Waals surface area (Å²) in [6.45, 7) is 2.30. The lowest BCUT2D eigenvalue weighted by Crippen LogP contribution is -2.48. The Morgan fingerprint density at radius 3 is 2.85 bits per heavy atom. The van der Waals surface area contributed by atoms with Crippen LogP contribution in [0.15, 0.2) is 32.0 Å². The maximum Gasteiger partial charge on any atom is 0.244 e. The standard InChI is InChI=1S/C13H16Br2N2O2S/c14-10-3-4-11(15)13(6-10)20(18,19)17-5-1-2-9-7-16-8-12(9)17/h3-4,6,9,12,16H,1-2,5,7-8H2. The summed E-state index contributed by atoms with van der Waals surface area (Å²) in [4.78, 5) is 0.347. The molecule has 1 aromatic carbocycles. The van der Waals surface area contributed by atoms with Crippen LogP contribution in [-0.2, 0) is 10.0 Å². The molecule has 1 N–H and O–H groups in total. The second-order valence-electron chi connectivity index (χ2n) is 5.32. The minimum absolute atomic E-state index is 0.0969. The quantitative estimate of drug-likeness (QED) is 0.795. The van der Waals surface area contributed by atoms with Gasteiger partial charge < -0.3 is 5.32 Å². The molecule has 7 heteroatoms. The highest BCUT2D eigenvalue weighted by atomic mass is 79.9. The fourth-order valence-corrected chi connectivity index (χ4v) is 6.31. The first kappa shape index (κ1) is 15.0. The molecule has 2 atom stereocenters. The van der Waals surface area contributed by atoms with Crippen molar-refractivity contribution in [1.82, 2.24) is 9.62 Å². The molecule has 2 fully saturated rings. The monoisotopic (exact) mass is 422 g/mol. The normalized spacial score (nSPS) is 27.5. The first-order valence-electron chi connectivity index (χ1n) is 6.68. The molecule has 4 nitrogen and oxygen atoms in total. The van der Waals surface area contributed by atoms with Crippen molar-refractivity contribution in [3.63, 3.8) is 0 Å². The Morgan fingerprint density at radius 1 is 1.25 bits per heavy atom. The fraction of sp³-hybridized carbons (Fsp3) is 0.538. The number of sulfonamides is 1. The first-order valence-corrected chi connectivity index (χ1v) is 9.70. The number of hydrogen-bond donors (Lipinski definition) is 1. The molecule has 0 saturated carbocycles. The van der Waals surface area contributed by atoms with Gasteiger partial charge in [-0.25, -0.2) is 8.42 Å². The average Bonchev–Trinajstić information content (AvgIpc) is 2.89. The molecular formula is C13H16Br2N2O2S. The van der Waals surface area contributed by atoms with Crippen molar-refractivity contribution < 1.29 is 8.42 Å². The van der Waals surface area contributed by atoms with E-state index in [2.05, 4.69) is 37.2 Å². The van der Waals surface area contributed by atoms with Gasteiger partial charge in [0.25, 0.3) is 0 Å². The molecule has 0 aromatic heterocycles. The van der Waals surface area contributed by atoms with E-state index in [0.29, 0.717) is 21.8 Å². The van der Waals surface area contributed by atoms with Gasteiger partial charge in [0.1, 0.15) is 0 Å². The Hall–Kier alpha value is 0.0500. The maximum absolute atomic E-state index is 13.0. The maximum atomic E-state index is 13.0. The number of benzene rings is 1. The van der Waals surface area contributed by atoms with Gasteiger partial charge >= 0.3 is 0 Å². The van der Waals surface area contributed by atoms with Crippen molar-refractivity contribution in [3.05, 3.63) is 27.1 Å². The third-order valence-corrected chi connectivity index (χ3v) is 7.52. The molecule has 0 spiro atoms. The molecular weight excluding hydrogens is 408 g/mol. The van der Waals surface area contributed by atoms with E-state index in [0.717, 1.165) is 30.4 Å². The molecule has 2 aliphatic rings. The Bertz CT molecular complexity index is 621. The molecule has 0 bridgehead atoms. The van der Waals surface area contributed by atoms with Gasteiger partial charge in [-0.05, 0) is 59.4 Å². The van der Waals surface area contributed by atoms with E-state index in [1.807, 2.05) is 6.07 Å². The van der Waals surface area contributed by atoms with Crippen LogP contribution >= 0.6 is 31.9 Å². The topological polar surface area (TPSA) is 49.4 Å². The molecule has 2 saturated heterocycles. The lowest BCUT2D eigenvalue weighted by molar-refractivity contribution is 0.217. The van der Waals surface area contributed by atoms with Crippen molar-refractivity contribution >= 4 is 41.9 Å². The number of fused-ring (bicyclic) bond motifs is 1. The van der Waals surface area contributed by atoms with Crippen molar-refractivity contribution in [2.75, 3.05) is 19.6 Å².